The van der Waals surface area contributed by atoms with Gasteiger partial charge in [-0.25, -0.2) is 4.79 Å². The van der Waals surface area contributed by atoms with Crippen molar-refractivity contribution < 1.29 is 9.53 Å². The first-order valence-corrected chi connectivity index (χ1v) is 5.80. The van der Waals surface area contributed by atoms with Gasteiger partial charge in [-0.15, -0.1) is 0 Å². The van der Waals surface area contributed by atoms with E-state index in [1.165, 1.54) is 12.5 Å². The number of fused-ring (bicyclic) bond motifs is 1. The van der Waals surface area contributed by atoms with E-state index < -0.39 is 6.04 Å². The average Bonchev–Trinajstić information content (AvgIpc) is 2.43. The second-order valence-electron chi connectivity index (χ2n) is 4.08. The van der Waals surface area contributed by atoms with Crippen LogP contribution in [0.15, 0.2) is 47.5 Å². The van der Waals surface area contributed by atoms with E-state index in [2.05, 4.69) is 21.9 Å². The highest BCUT2D eigenvalue weighted by molar-refractivity contribution is 5.91. The Morgan fingerprint density at radius 1 is 1.22 bits per heavy atom. The molecule has 18 heavy (non-hydrogen) atoms. The van der Waals surface area contributed by atoms with Gasteiger partial charge in [-0.2, -0.15) is 0 Å². The third kappa shape index (κ3) is 2.74. The topological polar surface area (TPSA) is 38.7 Å². The molecule has 0 fully saturated rings. The summed E-state index contributed by atoms with van der Waals surface area (Å²) in [5, 5.41) is 2.35. The van der Waals surface area contributed by atoms with Gasteiger partial charge in [0.2, 0.25) is 0 Å². The molecule has 0 bridgehead atoms. The van der Waals surface area contributed by atoms with Crippen molar-refractivity contribution in [3.05, 3.63) is 48.0 Å². The molecular formula is C15H15NO2. The van der Waals surface area contributed by atoms with Crippen LogP contribution >= 0.6 is 0 Å². The van der Waals surface area contributed by atoms with Crippen LogP contribution in [0.25, 0.3) is 10.8 Å². The fraction of sp³-hybridized carbons (Fsp3) is 0.200. The summed E-state index contributed by atoms with van der Waals surface area (Å²) in [5.41, 5.74) is 0.976. The number of carbonyl (C=O) groups is 1. The summed E-state index contributed by atoms with van der Waals surface area (Å²) >= 11 is 0. The molecule has 0 saturated carbocycles. The second-order valence-corrected chi connectivity index (χ2v) is 4.08. The zero-order valence-electron chi connectivity index (χ0n) is 10.5. The van der Waals surface area contributed by atoms with Gasteiger partial charge in [-0.3, -0.25) is 4.99 Å². The van der Waals surface area contributed by atoms with Crippen molar-refractivity contribution in [2.24, 2.45) is 4.99 Å². The number of hydrogen-bond acceptors (Lipinski definition) is 3. The Bertz CT molecular complexity index is 590. The average molecular weight is 241 g/mol. The molecule has 0 N–H and O–H groups in total. The Morgan fingerprint density at radius 3 is 2.67 bits per heavy atom. The minimum Gasteiger partial charge on any atom is -0.467 e. The van der Waals surface area contributed by atoms with Gasteiger partial charge in [0.15, 0.2) is 0 Å². The Morgan fingerprint density at radius 2 is 1.94 bits per heavy atom. The van der Waals surface area contributed by atoms with E-state index >= 15 is 0 Å². The summed E-state index contributed by atoms with van der Waals surface area (Å²) in [5.74, 6) is -0.327. The molecule has 2 aromatic rings. The molecule has 0 saturated heterocycles. The zero-order valence-corrected chi connectivity index (χ0v) is 10.5. The molecule has 0 aliphatic rings. The molecule has 0 aliphatic carbocycles. The van der Waals surface area contributed by atoms with Crippen molar-refractivity contribution >= 4 is 23.0 Å². The lowest BCUT2D eigenvalue weighted by molar-refractivity contribution is -0.141. The first-order valence-electron chi connectivity index (χ1n) is 5.80. The van der Waals surface area contributed by atoms with Crippen LogP contribution in [-0.2, 0) is 9.53 Å². The van der Waals surface area contributed by atoms with Crippen molar-refractivity contribution in [2.75, 3.05) is 7.11 Å². The van der Waals surface area contributed by atoms with Gasteiger partial charge in [0.25, 0.3) is 0 Å². The minimum atomic E-state index is -0.471. The van der Waals surface area contributed by atoms with E-state index in [1.54, 1.807) is 13.1 Å². The number of hydrogen-bond donors (Lipinski definition) is 0. The van der Waals surface area contributed by atoms with Crippen molar-refractivity contribution in [2.45, 2.75) is 13.0 Å². The Labute approximate surface area is 106 Å². The van der Waals surface area contributed by atoms with E-state index in [0.29, 0.717) is 0 Å². The van der Waals surface area contributed by atoms with Crippen LogP contribution in [0.4, 0.5) is 0 Å². The molecule has 2 rings (SSSR count). The smallest absolute Gasteiger partial charge is 0.330 e. The second kappa shape index (κ2) is 5.45. The molecule has 92 valence electrons. The number of esters is 1. The first kappa shape index (κ1) is 12.3. The van der Waals surface area contributed by atoms with E-state index in [1.807, 2.05) is 30.3 Å². The van der Waals surface area contributed by atoms with Crippen molar-refractivity contribution in [1.82, 2.24) is 0 Å². The third-order valence-electron chi connectivity index (χ3n) is 2.76. The highest BCUT2D eigenvalue weighted by Gasteiger charge is 2.09. The Hall–Kier alpha value is -2.16. The van der Waals surface area contributed by atoms with E-state index in [0.717, 1.165) is 10.9 Å². The molecule has 0 unspecified atom stereocenters. The standard InChI is InChI=1S/C15H15NO2/c1-11(15(17)18-2)16-10-12-7-8-13-5-3-4-6-14(13)9-12/h3-11H,1-2H3/t11-/m0/s1. The maximum Gasteiger partial charge on any atom is 0.330 e. The fourth-order valence-electron chi connectivity index (χ4n) is 1.72. The van der Waals surface area contributed by atoms with Gasteiger partial charge in [0, 0.05) is 6.21 Å². The first-order chi connectivity index (χ1) is 8.70. The number of rotatable bonds is 3. The van der Waals surface area contributed by atoms with Crippen molar-refractivity contribution in [3.63, 3.8) is 0 Å². The van der Waals surface area contributed by atoms with Gasteiger partial charge < -0.3 is 4.74 Å². The Kier molecular flexibility index (Phi) is 3.72. The molecule has 3 heteroatoms. The number of methoxy groups -OCH3 is 1. The molecule has 0 aromatic heterocycles. The highest BCUT2D eigenvalue weighted by atomic mass is 16.5. The predicted octanol–water partition coefficient (Wildman–Crippen LogP) is 2.82. The Balaban J connectivity index is 2.21. The predicted molar refractivity (Wildman–Crippen MR) is 73.0 cm³/mol. The SMILES string of the molecule is COC(=O)[C@H](C)N=Cc1ccc2ccccc2c1. The highest BCUT2D eigenvalue weighted by Crippen LogP contribution is 2.14. The third-order valence-corrected chi connectivity index (χ3v) is 2.76. The fourth-order valence-corrected chi connectivity index (χ4v) is 1.72. The quantitative estimate of drug-likeness (QED) is 0.612. The van der Waals surface area contributed by atoms with Gasteiger partial charge in [-0.05, 0) is 29.3 Å². The van der Waals surface area contributed by atoms with Gasteiger partial charge >= 0.3 is 5.97 Å². The summed E-state index contributed by atoms with van der Waals surface area (Å²) in [7, 11) is 1.37. The molecule has 2 aromatic carbocycles. The maximum atomic E-state index is 11.2. The van der Waals surface area contributed by atoms with E-state index in [-0.39, 0.29) is 5.97 Å². The normalized spacial score (nSPS) is 12.8. The maximum absolute atomic E-state index is 11.2. The number of aliphatic imine (C=N–C) groups is 1. The van der Waals surface area contributed by atoms with Crippen LogP contribution in [0.5, 0.6) is 0 Å². The molecule has 3 nitrogen and oxygen atoms in total. The largest absolute Gasteiger partial charge is 0.467 e. The van der Waals surface area contributed by atoms with Crippen LogP contribution in [-0.4, -0.2) is 25.3 Å². The monoisotopic (exact) mass is 241 g/mol. The van der Waals surface area contributed by atoms with Crippen molar-refractivity contribution in [1.29, 1.82) is 0 Å². The number of nitrogens with zero attached hydrogens (tertiary/aromatic N) is 1. The lowest BCUT2D eigenvalue weighted by Gasteiger charge is -2.03. The van der Waals surface area contributed by atoms with Crippen LogP contribution in [0.1, 0.15) is 12.5 Å². The van der Waals surface area contributed by atoms with Gasteiger partial charge in [0.05, 0.1) is 7.11 Å². The molecule has 0 amide bonds. The number of ether oxygens (including phenoxy) is 1. The summed E-state index contributed by atoms with van der Waals surface area (Å²) in [6.45, 7) is 1.71. The lowest BCUT2D eigenvalue weighted by atomic mass is 10.1. The van der Waals surface area contributed by atoms with E-state index in [9.17, 15) is 4.79 Å². The summed E-state index contributed by atoms with van der Waals surface area (Å²) < 4.78 is 4.62. The van der Waals surface area contributed by atoms with Crippen LogP contribution in [0.3, 0.4) is 0 Å². The lowest BCUT2D eigenvalue weighted by Crippen LogP contribution is -2.16. The molecule has 0 heterocycles. The van der Waals surface area contributed by atoms with Crippen LogP contribution in [0.2, 0.25) is 0 Å². The van der Waals surface area contributed by atoms with Gasteiger partial charge in [-0.1, -0.05) is 36.4 Å². The number of carbonyl (C=O) groups excluding carboxylic acids is 1. The van der Waals surface area contributed by atoms with Crippen LogP contribution in [0, 0.1) is 0 Å². The zero-order chi connectivity index (χ0) is 13.0. The molecule has 0 spiro atoms. The summed E-state index contributed by atoms with van der Waals surface area (Å²) in [6.07, 6.45) is 1.70. The van der Waals surface area contributed by atoms with Gasteiger partial charge in [0.1, 0.15) is 6.04 Å². The molecule has 0 radical (unpaired) electrons. The molecule has 1 atom stereocenters. The number of benzene rings is 2. The summed E-state index contributed by atoms with van der Waals surface area (Å²) in [6, 6.07) is 13.7. The van der Waals surface area contributed by atoms with Crippen LogP contribution < -0.4 is 0 Å². The molecule has 0 aliphatic heterocycles. The molecular weight excluding hydrogens is 226 g/mol. The minimum absolute atomic E-state index is 0.327. The van der Waals surface area contributed by atoms with Crippen molar-refractivity contribution in [3.8, 4) is 0 Å². The van der Waals surface area contributed by atoms with E-state index in [4.69, 9.17) is 0 Å². The summed E-state index contributed by atoms with van der Waals surface area (Å²) in [4.78, 5) is 15.4.